The van der Waals surface area contributed by atoms with Crippen LogP contribution in [0.2, 0.25) is 0 Å². The number of hydrogen-bond donors (Lipinski definition) is 1. The summed E-state index contributed by atoms with van der Waals surface area (Å²) in [7, 11) is 0. The van der Waals surface area contributed by atoms with Crippen LogP contribution in [0.1, 0.15) is 38.8 Å². The molecule has 1 aromatic rings. The fourth-order valence-electron chi connectivity index (χ4n) is 1.42. The van der Waals surface area contributed by atoms with Gasteiger partial charge in [0.15, 0.2) is 11.6 Å². The van der Waals surface area contributed by atoms with E-state index in [0.717, 1.165) is 18.5 Å². The monoisotopic (exact) mass is 227 g/mol. The largest absolute Gasteiger partial charge is 0.310 e. The Labute approximate surface area is 95.9 Å². The summed E-state index contributed by atoms with van der Waals surface area (Å²) in [4.78, 5) is 0. The fourth-order valence-corrected chi connectivity index (χ4v) is 1.42. The topological polar surface area (TPSA) is 12.0 Å². The van der Waals surface area contributed by atoms with E-state index in [1.54, 1.807) is 6.07 Å². The van der Waals surface area contributed by atoms with Gasteiger partial charge in [0.05, 0.1) is 0 Å². The predicted octanol–water partition coefficient (Wildman–Crippen LogP) is 3.66. The third-order valence-corrected chi connectivity index (χ3v) is 2.91. The molecule has 0 heterocycles. The van der Waals surface area contributed by atoms with Crippen molar-refractivity contribution in [1.82, 2.24) is 5.32 Å². The van der Waals surface area contributed by atoms with Crippen LogP contribution >= 0.6 is 0 Å². The zero-order valence-corrected chi connectivity index (χ0v) is 10.1. The van der Waals surface area contributed by atoms with Crippen molar-refractivity contribution < 1.29 is 8.78 Å². The highest BCUT2D eigenvalue weighted by atomic mass is 19.2. The van der Waals surface area contributed by atoms with Crippen LogP contribution < -0.4 is 5.32 Å². The number of hydrogen-bond acceptors (Lipinski definition) is 1. The molecule has 0 aliphatic rings. The van der Waals surface area contributed by atoms with Gasteiger partial charge in [-0.25, -0.2) is 8.78 Å². The third-order valence-electron chi connectivity index (χ3n) is 2.91. The quantitative estimate of drug-likeness (QED) is 0.809. The third kappa shape index (κ3) is 3.56. The maximum atomic E-state index is 13.0. The summed E-state index contributed by atoms with van der Waals surface area (Å²) >= 11 is 0. The van der Waals surface area contributed by atoms with E-state index in [-0.39, 0.29) is 6.04 Å². The Kier molecular flexibility index (Phi) is 4.87. The molecule has 0 saturated carbocycles. The van der Waals surface area contributed by atoms with Crippen LogP contribution in [0.3, 0.4) is 0 Å². The van der Waals surface area contributed by atoms with Crippen LogP contribution in [0.25, 0.3) is 0 Å². The summed E-state index contributed by atoms with van der Waals surface area (Å²) < 4.78 is 25.7. The van der Waals surface area contributed by atoms with Crippen LogP contribution in [0, 0.1) is 17.6 Å². The summed E-state index contributed by atoms with van der Waals surface area (Å²) in [6.07, 6.45) is 1.11. The first-order valence-corrected chi connectivity index (χ1v) is 5.73. The first-order chi connectivity index (χ1) is 7.54. The van der Waals surface area contributed by atoms with Crippen molar-refractivity contribution in [3.05, 3.63) is 35.4 Å². The highest BCUT2D eigenvalue weighted by Gasteiger charge is 2.09. The van der Waals surface area contributed by atoms with Gasteiger partial charge in [-0.15, -0.1) is 0 Å². The van der Waals surface area contributed by atoms with E-state index in [2.05, 4.69) is 19.2 Å². The van der Waals surface area contributed by atoms with Gasteiger partial charge in [-0.3, -0.25) is 0 Å². The highest BCUT2D eigenvalue weighted by molar-refractivity contribution is 5.20. The number of nitrogens with one attached hydrogen (secondary N) is 1. The van der Waals surface area contributed by atoms with E-state index in [4.69, 9.17) is 0 Å². The second-order valence-electron chi connectivity index (χ2n) is 4.32. The average Bonchev–Trinajstić information content (AvgIpc) is 2.29. The fraction of sp³-hybridized carbons (Fsp3) is 0.538. The lowest BCUT2D eigenvalue weighted by atomic mass is 10.1. The van der Waals surface area contributed by atoms with Gasteiger partial charge in [0.2, 0.25) is 0 Å². The Bertz CT molecular complexity index is 339. The molecule has 0 bridgehead atoms. The van der Waals surface area contributed by atoms with E-state index < -0.39 is 11.6 Å². The molecular formula is C13H19F2N. The Hall–Kier alpha value is -0.960. The maximum Gasteiger partial charge on any atom is 0.159 e. The molecule has 2 unspecified atom stereocenters. The van der Waals surface area contributed by atoms with Gasteiger partial charge in [-0.2, -0.15) is 0 Å². The Balaban J connectivity index is 2.59. The molecule has 1 aromatic carbocycles. The molecule has 0 fully saturated rings. The lowest BCUT2D eigenvalue weighted by molar-refractivity contribution is 0.456. The number of rotatable bonds is 5. The predicted molar refractivity (Wildman–Crippen MR) is 62.2 cm³/mol. The Morgan fingerprint density at radius 2 is 1.88 bits per heavy atom. The molecule has 0 aliphatic heterocycles. The van der Waals surface area contributed by atoms with Crippen molar-refractivity contribution in [3.8, 4) is 0 Å². The standard InChI is InChI=1S/C13H19F2N/c1-4-9(2)8-16-10(3)11-5-6-12(14)13(15)7-11/h5-7,9-10,16H,4,8H2,1-3H3. The minimum Gasteiger partial charge on any atom is -0.310 e. The normalized spacial score (nSPS) is 14.8. The lowest BCUT2D eigenvalue weighted by Crippen LogP contribution is -2.24. The first kappa shape index (κ1) is 13.1. The minimum absolute atomic E-state index is 0.0455. The zero-order valence-electron chi connectivity index (χ0n) is 10.1. The molecule has 0 radical (unpaired) electrons. The van der Waals surface area contributed by atoms with E-state index in [1.807, 2.05) is 6.92 Å². The average molecular weight is 227 g/mol. The van der Waals surface area contributed by atoms with Crippen LogP contribution in [0.4, 0.5) is 8.78 Å². The molecular weight excluding hydrogens is 208 g/mol. The molecule has 0 amide bonds. The van der Waals surface area contributed by atoms with Crippen LogP contribution in [-0.4, -0.2) is 6.54 Å². The van der Waals surface area contributed by atoms with Crippen LogP contribution in [0.15, 0.2) is 18.2 Å². The van der Waals surface area contributed by atoms with Gasteiger partial charge in [0, 0.05) is 6.04 Å². The van der Waals surface area contributed by atoms with Gasteiger partial charge in [-0.05, 0) is 37.1 Å². The molecule has 3 heteroatoms. The van der Waals surface area contributed by atoms with Gasteiger partial charge < -0.3 is 5.32 Å². The van der Waals surface area contributed by atoms with Crippen molar-refractivity contribution in [2.75, 3.05) is 6.54 Å². The molecule has 1 N–H and O–H groups in total. The van der Waals surface area contributed by atoms with Crippen LogP contribution in [-0.2, 0) is 0 Å². The van der Waals surface area contributed by atoms with Crippen molar-refractivity contribution >= 4 is 0 Å². The van der Waals surface area contributed by atoms with Gasteiger partial charge in [0.1, 0.15) is 0 Å². The second kappa shape index (κ2) is 5.94. The SMILES string of the molecule is CCC(C)CNC(C)c1ccc(F)c(F)c1. The van der Waals surface area contributed by atoms with Crippen LogP contribution in [0.5, 0.6) is 0 Å². The molecule has 0 aliphatic carbocycles. The summed E-state index contributed by atoms with van der Waals surface area (Å²) in [6.45, 7) is 7.13. The smallest absolute Gasteiger partial charge is 0.159 e. The van der Waals surface area contributed by atoms with Gasteiger partial charge in [-0.1, -0.05) is 26.3 Å². The molecule has 90 valence electrons. The summed E-state index contributed by atoms with van der Waals surface area (Å²) in [5, 5.41) is 3.31. The molecule has 0 spiro atoms. The lowest BCUT2D eigenvalue weighted by Gasteiger charge is -2.17. The highest BCUT2D eigenvalue weighted by Crippen LogP contribution is 2.16. The molecule has 1 rings (SSSR count). The van der Waals surface area contributed by atoms with E-state index in [1.165, 1.54) is 12.1 Å². The van der Waals surface area contributed by atoms with Crippen molar-refractivity contribution in [2.45, 2.75) is 33.2 Å². The molecule has 0 saturated heterocycles. The minimum atomic E-state index is -0.794. The molecule has 1 nitrogen and oxygen atoms in total. The maximum absolute atomic E-state index is 13.0. The van der Waals surface area contributed by atoms with Crippen molar-refractivity contribution in [1.29, 1.82) is 0 Å². The van der Waals surface area contributed by atoms with E-state index >= 15 is 0 Å². The zero-order chi connectivity index (χ0) is 12.1. The van der Waals surface area contributed by atoms with Crippen molar-refractivity contribution in [2.24, 2.45) is 5.92 Å². The van der Waals surface area contributed by atoms with Crippen molar-refractivity contribution in [3.63, 3.8) is 0 Å². The van der Waals surface area contributed by atoms with Gasteiger partial charge >= 0.3 is 0 Å². The molecule has 2 atom stereocenters. The van der Waals surface area contributed by atoms with E-state index in [9.17, 15) is 8.78 Å². The van der Waals surface area contributed by atoms with E-state index in [0.29, 0.717) is 5.92 Å². The Morgan fingerprint density at radius 3 is 2.44 bits per heavy atom. The second-order valence-corrected chi connectivity index (χ2v) is 4.32. The summed E-state index contributed by atoms with van der Waals surface area (Å²) in [6, 6.07) is 4.09. The molecule has 0 aromatic heterocycles. The first-order valence-electron chi connectivity index (χ1n) is 5.73. The Morgan fingerprint density at radius 1 is 1.19 bits per heavy atom. The molecule has 16 heavy (non-hydrogen) atoms. The summed E-state index contributed by atoms with van der Waals surface area (Å²) in [5.41, 5.74) is 0.780. The summed E-state index contributed by atoms with van der Waals surface area (Å²) in [5.74, 6) is -0.986. The number of halogens is 2. The number of benzene rings is 1. The van der Waals surface area contributed by atoms with Gasteiger partial charge in [0.25, 0.3) is 0 Å².